The molecule has 5 nitrogen and oxygen atoms in total. The van der Waals surface area contributed by atoms with Gasteiger partial charge in [-0.05, 0) is 12.1 Å². The molecule has 58 valence electrons. The summed E-state index contributed by atoms with van der Waals surface area (Å²) < 4.78 is 0. The summed E-state index contributed by atoms with van der Waals surface area (Å²) in [6.45, 7) is 0. The Bertz CT molecular complexity index is 274. The summed E-state index contributed by atoms with van der Waals surface area (Å²) >= 11 is 0. The third-order valence-corrected chi connectivity index (χ3v) is 1.09. The van der Waals surface area contributed by atoms with Crippen LogP contribution < -0.4 is 5.90 Å². The van der Waals surface area contributed by atoms with Crippen LogP contribution in [0.3, 0.4) is 0 Å². The quantitative estimate of drug-likeness (QED) is 0.548. The molecule has 0 fully saturated rings. The predicted molar refractivity (Wildman–Crippen MR) is 35.5 cm³/mol. The van der Waals surface area contributed by atoms with Crippen LogP contribution >= 0.6 is 0 Å². The number of carbonyl (C=O) groups is 1. The number of aromatic hydroxyl groups is 1. The number of rotatable bonds is 1. The highest BCUT2D eigenvalue weighted by Crippen LogP contribution is 2.12. The first-order valence-corrected chi connectivity index (χ1v) is 2.80. The molecule has 0 spiro atoms. The average Bonchev–Trinajstić information content (AvgIpc) is 2.04. The van der Waals surface area contributed by atoms with Gasteiger partial charge in [0.2, 0.25) is 0 Å². The van der Waals surface area contributed by atoms with Gasteiger partial charge in [-0.25, -0.2) is 9.78 Å². The zero-order valence-electron chi connectivity index (χ0n) is 5.52. The van der Waals surface area contributed by atoms with Crippen molar-refractivity contribution in [2.24, 2.45) is 5.90 Å². The maximum Gasteiger partial charge on any atom is 0.379 e. The van der Waals surface area contributed by atoms with Gasteiger partial charge < -0.3 is 9.94 Å². The van der Waals surface area contributed by atoms with Crippen molar-refractivity contribution in [3.05, 3.63) is 24.0 Å². The lowest BCUT2D eigenvalue weighted by Crippen LogP contribution is -2.11. The Morgan fingerprint density at radius 3 is 3.00 bits per heavy atom. The molecular formula is C6H6N2O3. The minimum atomic E-state index is -0.858. The third-order valence-electron chi connectivity index (χ3n) is 1.09. The molecule has 0 unspecified atom stereocenters. The fourth-order valence-electron chi connectivity index (χ4n) is 0.610. The minimum Gasteiger partial charge on any atom is -0.505 e. The topological polar surface area (TPSA) is 85.4 Å². The third kappa shape index (κ3) is 1.44. The van der Waals surface area contributed by atoms with Gasteiger partial charge in [-0.3, -0.25) is 0 Å². The summed E-state index contributed by atoms with van der Waals surface area (Å²) in [4.78, 5) is 18.1. The van der Waals surface area contributed by atoms with Gasteiger partial charge >= 0.3 is 5.97 Å². The fraction of sp³-hybridized carbons (Fsp3) is 0. The van der Waals surface area contributed by atoms with E-state index in [9.17, 15) is 4.79 Å². The van der Waals surface area contributed by atoms with Crippen molar-refractivity contribution in [3.8, 4) is 5.75 Å². The highest BCUT2D eigenvalue weighted by atomic mass is 16.7. The van der Waals surface area contributed by atoms with E-state index < -0.39 is 5.97 Å². The zero-order chi connectivity index (χ0) is 8.27. The number of hydrogen-bond donors (Lipinski definition) is 2. The molecule has 0 saturated heterocycles. The Morgan fingerprint density at radius 2 is 2.45 bits per heavy atom. The van der Waals surface area contributed by atoms with Crippen LogP contribution in [-0.4, -0.2) is 16.1 Å². The second-order valence-electron chi connectivity index (χ2n) is 1.78. The lowest BCUT2D eigenvalue weighted by Gasteiger charge is -1.97. The van der Waals surface area contributed by atoms with Gasteiger partial charge in [-0.1, -0.05) is 0 Å². The number of hydrogen-bond acceptors (Lipinski definition) is 5. The molecule has 1 aromatic heterocycles. The van der Waals surface area contributed by atoms with Crippen molar-refractivity contribution in [2.75, 3.05) is 0 Å². The molecular weight excluding hydrogens is 148 g/mol. The summed E-state index contributed by atoms with van der Waals surface area (Å²) in [5.41, 5.74) is -0.185. The highest BCUT2D eigenvalue weighted by molar-refractivity contribution is 5.89. The Kier molecular flexibility index (Phi) is 2.03. The Balaban J connectivity index is 3.03. The predicted octanol–water partition coefficient (Wildman–Crippen LogP) is -0.182. The molecule has 0 aliphatic heterocycles. The molecule has 3 N–H and O–H groups in total. The van der Waals surface area contributed by atoms with E-state index in [2.05, 4.69) is 15.7 Å². The summed E-state index contributed by atoms with van der Waals surface area (Å²) in [7, 11) is 0. The van der Waals surface area contributed by atoms with E-state index in [1.54, 1.807) is 0 Å². The van der Waals surface area contributed by atoms with Crippen LogP contribution in [0.25, 0.3) is 0 Å². The molecule has 0 radical (unpaired) electrons. The van der Waals surface area contributed by atoms with Crippen LogP contribution in [0, 0.1) is 0 Å². The monoisotopic (exact) mass is 154 g/mol. The number of nitrogens with zero attached hydrogens (tertiary/aromatic N) is 1. The maximum absolute atomic E-state index is 10.7. The van der Waals surface area contributed by atoms with Crippen LogP contribution in [0.5, 0.6) is 5.75 Å². The Hall–Kier alpha value is -1.62. The van der Waals surface area contributed by atoms with Gasteiger partial charge in [0, 0.05) is 6.20 Å². The number of pyridine rings is 1. The van der Waals surface area contributed by atoms with Crippen LogP contribution in [0.4, 0.5) is 0 Å². The largest absolute Gasteiger partial charge is 0.505 e. The van der Waals surface area contributed by atoms with E-state index in [-0.39, 0.29) is 11.4 Å². The van der Waals surface area contributed by atoms with Gasteiger partial charge in [0.1, 0.15) is 5.75 Å². The van der Waals surface area contributed by atoms with E-state index in [0.29, 0.717) is 0 Å². The molecule has 1 rings (SSSR count). The normalized spacial score (nSPS) is 9.18. The number of nitrogens with two attached hydrogens (primary N) is 1. The molecule has 0 aliphatic carbocycles. The van der Waals surface area contributed by atoms with Crippen molar-refractivity contribution in [2.45, 2.75) is 0 Å². The molecule has 5 heteroatoms. The minimum absolute atomic E-state index is 0.185. The van der Waals surface area contributed by atoms with Crippen LogP contribution in [0.1, 0.15) is 10.5 Å². The van der Waals surface area contributed by atoms with Gasteiger partial charge in [0.05, 0.1) is 0 Å². The van der Waals surface area contributed by atoms with Crippen LogP contribution in [0.15, 0.2) is 18.3 Å². The van der Waals surface area contributed by atoms with E-state index >= 15 is 0 Å². The Morgan fingerprint density at radius 1 is 1.73 bits per heavy atom. The fourth-order valence-corrected chi connectivity index (χ4v) is 0.610. The van der Waals surface area contributed by atoms with Crippen molar-refractivity contribution >= 4 is 5.97 Å². The maximum atomic E-state index is 10.7. The molecule has 0 bridgehead atoms. The molecule has 0 aromatic carbocycles. The number of aromatic nitrogens is 1. The summed E-state index contributed by atoms with van der Waals surface area (Å²) in [5, 5.41) is 8.99. The Labute approximate surface area is 62.4 Å². The number of carbonyl (C=O) groups excluding carboxylic acids is 1. The van der Waals surface area contributed by atoms with Gasteiger partial charge in [0.25, 0.3) is 0 Å². The first-order valence-electron chi connectivity index (χ1n) is 2.80. The molecule has 1 aromatic rings. The molecule has 0 amide bonds. The first kappa shape index (κ1) is 7.49. The summed E-state index contributed by atoms with van der Waals surface area (Å²) in [6.07, 6.45) is 1.35. The van der Waals surface area contributed by atoms with E-state index in [0.717, 1.165) is 0 Å². The SMILES string of the molecule is NOC(=O)c1ncccc1O. The standard InChI is InChI=1S/C6H6N2O3/c7-11-6(10)5-4(9)2-1-3-8-5/h1-3,9H,7H2. The summed E-state index contributed by atoms with van der Waals surface area (Å²) in [5.74, 6) is 3.47. The lowest BCUT2D eigenvalue weighted by molar-refractivity contribution is 0.0493. The molecule has 0 aliphatic rings. The van der Waals surface area contributed by atoms with Crippen LogP contribution in [-0.2, 0) is 4.84 Å². The zero-order valence-corrected chi connectivity index (χ0v) is 5.52. The molecule has 0 saturated carbocycles. The van der Waals surface area contributed by atoms with Crippen molar-refractivity contribution in [1.82, 2.24) is 4.98 Å². The van der Waals surface area contributed by atoms with E-state index in [1.807, 2.05) is 0 Å². The molecule has 11 heavy (non-hydrogen) atoms. The van der Waals surface area contributed by atoms with Gasteiger partial charge in [-0.15, -0.1) is 0 Å². The van der Waals surface area contributed by atoms with Crippen molar-refractivity contribution in [3.63, 3.8) is 0 Å². The van der Waals surface area contributed by atoms with Crippen LogP contribution in [0.2, 0.25) is 0 Å². The second kappa shape index (κ2) is 2.98. The van der Waals surface area contributed by atoms with E-state index in [4.69, 9.17) is 5.11 Å². The van der Waals surface area contributed by atoms with Crippen molar-refractivity contribution in [1.29, 1.82) is 0 Å². The summed E-state index contributed by atoms with van der Waals surface area (Å²) in [6, 6.07) is 2.81. The first-order chi connectivity index (χ1) is 5.25. The van der Waals surface area contributed by atoms with Gasteiger partial charge in [0.15, 0.2) is 5.69 Å². The van der Waals surface area contributed by atoms with E-state index in [1.165, 1.54) is 18.3 Å². The smallest absolute Gasteiger partial charge is 0.379 e. The molecule has 0 atom stereocenters. The van der Waals surface area contributed by atoms with Gasteiger partial charge in [-0.2, -0.15) is 5.90 Å². The second-order valence-corrected chi connectivity index (χ2v) is 1.78. The molecule has 1 heterocycles. The average molecular weight is 154 g/mol. The van der Waals surface area contributed by atoms with Crippen molar-refractivity contribution < 1.29 is 14.7 Å². The highest BCUT2D eigenvalue weighted by Gasteiger charge is 2.11. The lowest BCUT2D eigenvalue weighted by atomic mass is 10.3.